The zero-order valence-electron chi connectivity index (χ0n) is 15.9. The van der Waals surface area contributed by atoms with E-state index in [9.17, 15) is 14.4 Å². The number of benzene rings is 1. The van der Waals surface area contributed by atoms with Crippen LogP contribution in [0.1, 0.15) is 39.0 Å². The van der Waals surface area contributed by atoms with E-state index < -0.39 is 30.4 Å². The number of ketones is 1. The van der Waals surface area contributed by atoms with Crippen LogP contribution in [0.3, 0.4) is 0 Å². The lowest BCUT2D eigenvalue weighted by Gasteiger charge is -2.24. The summed E-state index contributed by atoms with van der Waals surface area (Å²) in [7, 11) is 0. The third kappa shape index (κ3) is 3.85. The van der Waals surface area contributed by atoms with Crippen molar-refractivity contribution in [1.29, 1.82) is 0 Å². The molecule has 0 aliphatic carbocycles. The SMILES string of the molecule is CCOC(=O)c1c(C)[nH]c(C(=O)COC(=O)[C@H]2COc3ccccc3O2)c1C. The Balaban J connectivity index is 1.62. The zero-order valence-corrected chi connectivity index (χ0v) is 15.9. The van der Waals surface area contributed by atoms with Gasteiger partial charge in [-0.2, -0.15) is 0 Å². The summed E-state index contributed by atoms with van der Waals surface area (Å²) in [5, 5.41) is 0. The van der Waals surface area contributed by atoms with Crippen LogP contribution in [-0.4, -0.2) is 48.6 Å². The van der Waals surface area contributed by atoms with E-state index in [1.165, 1.54) is 0 Å². The quantitative estimate of drug-likeness (QED) is 0.599. The van der Waals surface area contributed by atoms with E-state index in [4.69, 9.17) is 18.9 Å². The molecule has 28 heavy (non-hydrogen) atoms. The number of carbonyl (C=O) groups is 3. The molecule has 8 heteroatoms. The Bertz CT molecular complexity index is 915. The summed E-state index contributed by atoms with van der Waals surface area (Å²) in [5.74, 6) is -0.671. The van der Waals surface area contributed by atoms with Crippen molar-refractivity contribution in [2.24, 2.45) is 0 Å². The topological polar surface area (TPSA) is 104 Å². The van der Waals surface area contributed by atoms with Gasteiger partial charge in [-0.25, -0.2) is 9.59 Å². The van der Waals surface area contributed by atoms with Gasteiger partial charge in [-0.05, 0) is 38.5 Å². The second-order valence-corrected chi connectivity index (χ2v) is 6.24. The second-order valence-electron chi connectivity index (χ2n) is 6.24. The number of Topliss-reactive ketones (excluding diaryl/α,β-unsaturated/α-hetero) is 1. The molecule has 1 atom stereocenters. The maximum absolute atomic E-state index is 12.5. The van der Waals surface area contributed by atoms with Gasteiger partial charge < -0.3 is 23.9 Å². The third-order valence-corrected chi connectivity index (χ3v) is 4.31. The summed E-state index contributed by atoms with van der Waals surface area (Å²) in [5.41, 5.74) is 1.51. The largest absolute Gasteiger partial charge is 0.485 e. The van der Waals surface area contributed by atoms with Crippen LogP contribution in [-0.2, 0) is 14.3 Å². The number of ether oxygens (including phenoxy) is 4. The number of hydrogen-bond acceptors (Lipinski definition) is 7. The van der Waals surface area contributed by atoms with Crippen LogP contribution in [0.2, 0.25) is 0 Å². The number of aromatic nitrogens is 1. The van der Waals surface area contributed by atoms with Gasteiger partial charge in [-0.15, -0.1) is 0 Å². The van der Waals surface area contributed by atoms with E-state index in [1.807, 2.05) is 0 Å². The van der Waals surface area contributed by atoms with Gasteiger partial charge in [-0.1, -0.05) is 12.1 Å². The van der Waals surface area contributed by atoms with Crippen molar-refractivity contribution in [1.82, 2.24) is 4.98 Å². The predicted octanol–water partition coefficient (Wildman–Crippen LogP) is 2.37. The molecule has 3 rings (SSSR count). The van der Waals surface area contributed by atoms with Crippen LogP contribution in [0.25, 0.3) is 0 Å². The van der Waals surface area contributed by atoms with Crippen LogP contribution in [0.15, 0.2) is 24.3 Å². The fourth-order valence-corrected chi connectivity index (χ4v) is 2.98. The lowest BCUT2D eigenvalue weighted by Crippen LogP contribution is -2.38. The summed E-state index contributed by atoms with van der Waals surface area (Å²) >= 11 is 0. The number of fused-ring (bicyclic) bond motifs is 1. The summed E-state index contributed by atoms with van der Waals surface area (Å²) in [4.78, 5) is 39.6. The minimum Gasteiger partial charge on any atom is -0.485 e. The van der Waals surface area contributed by atoms with Gasteiger partial charge >= 0.3 is 11.9 Å². The van der Waals surface area contributed by atoms with E-state index in [0.29, 0.717) is 28.3 Å². The average Bonchev–Trinajstić information content (AvgIpc) is 2.99. The summed E-state index contributed by atoms with van der Waals surface area (Å²) in [6, 6.07) is 6.97. The van der Waals surface area contributed by atoms with Gasteiger partial charge in [0.15, 0.2) is 18.1 Å². The molecule has 2 heterocycles. The molecular formula is C20H21NO7. The average molecular weight is 387 g/mol. The Hall–Kier alpha value is -3.29. The smallest absolute Gasteiger partial charge is 0.351 e. The molecule has 0 spiro atoms. The van der Waals surface area contributed by atoms with Crippen LogP contribution >= 0.6 is 0 Å². The monoisotopic (exact) mass is 387 g/mol. The van der Waals surface area contributed by atoms with Crippen molar-refractivity contribution in [2.75, 3.05) is 19.8 Å². The molecule has 0 unspecified atom stereocenters. The highest BCUT2D eigenvalue weighted by molar-refractivity contribution is 6.02. The summed E-state index contributed by atoms with van der Waals surface area (Å²) in [6.07, 6.45) is -0.954. The molecule has 1 aromatic carbocycles. The normalized spacial score (nSPS) is 15.0. The molecule has 2 aromatic rings. The molecule has 1 N–H and O–H groups in total. The van der Waals surface area contributed by atoms with Crippen molar-refractivity contribution in [2.45, 2.75) is 26.9 Å². The molecule has 0 saturated carbocycles. The third-order valence-electron chi connectivity index (χ3n) is 4.31. The molecule has 0 saturated heterocycles. The first-order chi connectivity index (χ1) is 13.4. The van der Waals surface area contributed by atoms with Gasteiger partial charge in [0, 0.05) is 5.69 Å². The minimum absolute atomic E-state index is 0.00230. The van der Waals surface area contributed by atoms with Crippen molar-refractivity contribution in [3.8, 4) is 11.5 Å². The maximum Gasteiger partial charge on any atom is 0.351 e. The number of hydrogen-bond donors (Lipinski definition) is 1. The molecule has 1 aromatic heterocycles. The molecule has 0 radical (unpaired) electrons. The highest BCUT2D eigenvalue weighted by Crippen LogP contribution is 2.31. The fourth-order valence-electron chi connectivity index (χ4n) is 2.98. The first-order valence-corrected chi connectivity index (χ1v) is 8.87. The molecule has 0 fully saturated rings. The number of H-pyrrole nitrogens is 1. The Morgan fingerprint density at radius 3 is 2.57 bits per heavy atom. The Morgan fingerprint density at radius 2 is 1.86 bits per heavy atom. The Kier molecular flexibility index (Phi) is 5.67. The van der Waals surface area contributed by atoms with Crippen molar-refractivity contribution < 1.29 is 33.3 Å². The lowest BCUT2D eigenvalue weighted by molar-refractivity contribution is -0.153. The van der Waals surface area contributed by atoms with Crippen molar-refractivity contribution >= 4 is 17.7 Å². The van der Waals surface area contributed by atoms with Crippen molar-refractivity contribution in [3.05, 3.63) is 46.8 Å². The van der Waals surface area contributed by atoms with E-state index in [1.54, 1.807) is 45.0 Å². The summed E-state index contributed by atoms with van der Waals surface area (Å²) in [6.45, 7) is 4.76. The van der Waals surface area contributed by atoms with E-state index in [2.05, 4.69) is 4.98 Å². The minimum atomic E-state index is -0.954. The van der Waals surface area contributed by atoms with Crippen molar-refractivity contribution in [3.63, 3.8) is 0 Å². The number of aromatic amines is 1. The molecule has 1 aliphatic heterocycles. The number of para-hydroxylation sites is 2. The number of rotatable bonds is 6. The Labute approximate surface area is 161 Å². The van der Waals surface area contributed by atoms with Crippen LogP contribution in [0.5, 0.6) is 11.5 Å². The van der Waals surface area contributed by atoms with E-state index >= 15 is 0 Å². The lowest BCUT2D eigenvalue weighted by atomic mass is 10.1. The molecular weight excluding hydrogens is 366 g/mol. The number of nitrogens with one attached hydrogen (secondary N) is 1. The highest BCUT2D eigenvalue weighted by Gasteiger charge is 2.30. The molecule has 0 bridgehead atoms. The first kappa shape index (κ1) is 19.5. The molecule has 1 aliphatic rings. The van der Waals surface area contributed by atoms with E-state index in [0.717, 1.165) is 0 Å². The number of carbonyl (C=O) groups excluding carboxylic acids is 3. The van der Waals surface area contributed by atoms with Gasteiger partial charge in [-0.3, -0.25) is 4.79 Å². The van der Waals surface area contributed by atoms with Gasteiger partial charge in [0.2, 0.25) is 11.9 Å². The Morgan fingerprint density at radius 1 is 1.14 bits per heavy atom. The standard InChI is InChI=1S/C20H21NO7/c1-4-25-20(24)17-11(2)18(21-12(17)3)13(22)9-27-19(23)16-10-26-14-7-5-6-8-15(14)28-16/h5-8,16,21H,4,9-10H2,1-3H3/t16-/m1/s1. The molecule has 148 valence electrons. The number of esters is 2. The van der Waals surface area contributed by atoms with Gasteiger partial charge in [0.25, 0.3) is 0 Å². The fraction of sp³-hybridized carbons (Fsp3) is 0.350. The van der Waals surface area contributed by atoms with E-state index in [-0.39, 0.29) is 18.9 Å². The molecule has 0 amide bonds. The van der Waals surface area contributed by atoms with Crippen LogP contribution < -0.4 is 9.47 Å². The van der Waals surface area contributed by atoms with Gasteiger partial charge in [0.1, 0.15) is 6.61 Å². The molecule has 8 nitrogen and oxygen atoms in total. The van der Waals surface area contributed by atoms with Crippen LogP contribution in [0.4, 0.5) is 0 Å². The maximum atomic E-state index is 12.5. The summed E-state index contributed by atoms with van der Waals surface area (Å²) < 4.78 is 21.1. The predicted molar refractivity (Wildman–Crippen MR) is 97.9 cm³/mol. The number of aryl methyl sites for hydroxylation is 1. The highest BCUT2D eigenvalue weighted by atomic mass is 16.6. The second kappa shape index (κ2) is 8.16. The van der Waals surface area contributed by atoms with Crippen LogP contribution in [0, 0.1) is 13.8 Å². The zero-order chi connectivity index (χ0) is 20.3. The first-order valence-electron chi connectivity index (χ1n) is 8.87. The van der Waals surface area contributed by atoms with Gasteiger partial charge in [0.05, 0.1) is 17.9 Å².